The molecule has 0 spiro atoms. The molecule has 0 radical (unpaired) electrons. The van der Waals surface area contributed by atoms with Crippen LogP contribution in [-0.2, 0) is 0 Å². The van der Waals surface area contributed by atoms with Gasteiger partial charge in [-0.25, -0.2) is 9.37 Å². The van der Waals surface area contributed by atoms with Gasteiger partial charge < -0.3 is 4.90 Å². The summed E-state index contributed by atoms with van der Waals surface area (Å²) in [4.78, 5) is 19.6. The van der Waals surface area contributed by atoms with Crippen LogP contribution in [0.25, 0.3) is 5.69 Å². The van der Waals surface area contributed by atoms with Crippen LogP contribution < -0.4 is 0 Å². The van der Waals surface area contributed by atoms with Gasteiger partial charge in [-0.1, -0.05) is 23.9 Å². The predicted octanol–water partition coefficient (Wildman–Crippen LogP) is 4.83. The Morgan fingerprint density at radius 1 is 1.24 bits per heavy atom. The Labute approximate surface area is 173 Å². The van der Waals surface area contributed by atoms with E-state index in [0.29, 0.717) is 28.6 Å². The molecule has 0 bridgehead atoms. The second kappa shape index (κ2) is 8.93. The van der Waals surface area contributed by atoms with Crippen molar-refractivity contribution in [3.63, 3.8) is 0 Å². The average molecular weight is 409 g/mol. The van der Waals surface area contributed by atoms with E-state index in [0.717, 1.165) is 5.56 Å². The Bertz CT molecular complexity index is 1040. The van der Waals surface area contributed by atoms with Gasteiger partial charge >= 0.3 is 0 Å². The van der Waals surface area contributed by atoms with Gasteiger partial charge in [0.25, 0.3) is 5.91 Å². The fourth-order valence-electron chi connectivity index (χ4n) is 3.23. The number of thioether (sulfide) groups is 1. The number of nitriles is 1. The number of imidazole rings is 1. The zero-order chi connectivity index (χ0) is 21.0. The Kier molecular flexibility index (Phi) is 6.35. The highest BCUT2D eigenvalue weighted by molar-refractivity contribution is 7.98. The Balaban J connectivity index is 1.98. The lowest BCUT2D eigenvalue weighted by atomic mass is 10.0. The van der Waals surface area contributed by atoms with Crippen LogP contribution in [0.15, 0.2) is 59.9 Å². The number of amides is 1. The van der Waals surface area contributed by atoms with E-state index in [2.05, 4.69) is 11.1 Å². The number of carbonyl (C=O) groups excluding carboxylic acids is 1. The van der Waals surface area contributed by atoms with Crippen LogP contribution in [0.1, 0.15) is 41.5 Å². The summed E-state index contributed by atoms with van der Waals surface area (Å²) in [5.74, 6) is -0.501. The Morgan fingerprint density at radius 3 is 2.45 bits per heavy atom. The van der Waals surface area contributed by atoms with Crippen LogP contribution in [0, 0.1) is 17.1 Å². The van der Waals surface area contributed by atoms with Crippen molar-refractivity contribution >= 4 is 17.7 Å². The van der Waals surface area contributed by atoms with Crippen molar-refractivity contribution in [2.24, 2.45) is 0 Å². The molecule has 0 saturated carbocycles. The highest BCUT2D eigenvalue weighted by Gasteiger charge is 2.26. The lowest BCUT2D eigenvalue weighted by Gasteiger charge is -2.29. The largest absolute Gasteiger partial charge is 0.331 e. The minimum absolute atomic E-state index is 0.165. The number of hydrogen-bond acceptors (Lipinski definition) is 4. The van der Waals surface area contributed by atoms with Gasteiger partial charge in [0.15, 0.2) is 5.16 Å². The van der Waals surface area contributed by atoms with Crippen LogP contribution >= 0.6 is 11.8 Å². The van der Waals surface area contributed by atoms with Crippen LogP contribution in [0.4, 0.5) is 4.39 Å². The molecule has 1 atom stereocenters. The van der Waals surface area contributed by atoms with Gasteiger partial charge in [0, 0.05) is 12.2 Å². The molecule has 2 aromatic carbocycles. The summed E-state index contributed by atoms with van der Waals surface area (Å²) in [6.45, 7) is 4.38. The van der Waals surface area contributed by atoms with Crippen LogP contribution in [0.3, 0.4) is 0 Å². The smallest absolute Gasteiger partial charge is 0.273 e. The first-order chi connectivity index (χ1) is 14.0. The van der Waals surface area contributed by atoms with Crippen LogP contribution in [0.5, 0.6) is 0 Å². The van der Waals surface area contributed by atoms with Crippen LogP contribution in [-0.4, -0.2) is 33.2 Å². The first kappa shape index (κ1) is 20.6. The number of nitrogens with zero attached hydrogens (tertiary/aromatic N) is 4. The van der Waals surface area contributed by atoms with Gasteiger partial charge in [-0.15, -0.1) is 0 Å². The highest BCUT2D eigenvalue weighted by Crippen LogP contribution is 2.27. The summed E-state index contributed by atoms with van der Waals surface area (Å²) in [7, 11) is 0. The number of halogens is 1. The fraction of sp³-hybridized carbons (Fsp3) is 0.227. The molecule has 0 aliphatic rings. The molecule has 1 amide bonds. The second-order valence-corrected chi connectivity index (χ2v) is 7.22. The molecule has 1 unspecified atom stereocenters. The topological polar surface area (TPSA) is 61.9 Å². The van der Waals surface area contributed by atoms with E-state index in [9.17, 15) is 9.18 Å². The summed E-state index contributed by atoms with van der Waals surface area (Å²) >= 11 is 1.42. The summed E-state index contributed by atoms with van der Waals surface area (Å²) in [6.07, 6.45) is 3.44. The van der Waals surface area contributed by atoms with Gasteiger partial charge in [-0.3, -0.25) is 9.36 Å². The first-order valence-corrected chi connectivity index (χ1v) is 10.4. The second-order valence-electron chi connectivity index (χ2n) is 6.44. The lowest BCUT2D eigenvalue weighted by Crippen LogP contribution is -2.34. The molecule has 0 fully saturated rings. The normalized spacial score (nSPS) is 11.7. The molecule has 7 heteroatoms. The van der Waals surface area contributed by atoms with E-state index in [1.54, 1.807) is 39.9 Å². The van der Waals surface area contributed by atoms with E-state index < -0.39 is 0 Å². The third kappa shape index (κ3) is 4.17. The quantitative estimate of drug-likeness (QED) is 0.548. The summed E-state index contributed by atoms with van der Waals surface area (Å²) in [6, 6.07) is 15.1. The van der Waals surface area contributed by atoms with Gasteiger partial charge in [0.2, 0.25) is 0 Å². The summed E-state index contributed by atoms with van der Waals surface area (Å²) in [5.41, 5.74) is 2.62. The van der Waals surface area contributed by atoms with E-state index >= 15 is 0 Å². The van der Waals surface area contributed by atoms with Gasteiger partial charge in [-0.05, 0) is 62.1 Å². The minimum atomic E-state index is -0.336. The van der Waals surface area contributed by atoms with Crippen molar-refractivity contribution in [1.82, 2.24) is 14.5 Å². The number of benzene rings is 2. The molecular formula is C22H21FN4OS. The van der Waals surface area contributed by atoms with E-state index in [4.69, 9.17) is 5.26 Å². The molecule has 0 saturated heterocycles. The number of rotatable bonds is 6. The summed E-state index contributed by atoms with van der Waals surface area (Å²) < 4.78 is 15.1. The molecule has 148 valence electrons. The van der Waals surface area contributed by atoms with Crippen molar-refractivity contribution in [3.05, 3.63) is 77.4 Å². The van der Waals surface area contributed by atoms with Crippen molar-refractivity contribution in [1.29, 1.82) is 5.26 Å². The van der Waals surface area contributed by atoms with Crippen LogP contribution in [0.2, 0.25) is 0 Å². The van der Waals surface area contributed by atoms with Gasteiger partial charge in [0.1, 0.15) is 11.5 Å². The maximum Gasteiger partial charge on any atom is 0.273 e. The predicted molar refractivity (Wildman–Crippen MR) is 112 cm³/mol. The molecule has 29 heavy (non-hydrogen) atoms. The number of hydrogen-bond donors (Lipinski definition) is 0. The van der Waals surface area contributed by atoms with Crippen molar-refractivity contribution in [2.75, 3.05) is 12.8 Å². The lowest BCUT2D eigenvalue weighted by molar-refractivity contribution is 0.0693. The van der Waals surface area contributed by atoms with Gasteiger partial charge in [-0.2, -0.15) is 5.26 Å². The van der Waals surface area contributed by atoms with Crippen molar-refractivity contribution in [3.8, 4) is 11.8 Å². The average Bonchev–Trinajstić information content (AvgIpc) is 3.18. The maximum atomic E-state index is 13.4. The number of aromatic nitrogens is 2. The van der Waals surface area contributed by atoms with Gasteiger partial charge in [0.05, 0.1) is 23.9 Å². The fourth-order valence-corrected chi connectivity index (χ4v) is 3.77. The zero-order valence-corrected chi connectivity index (χ0v) is 17.3. The first-order valence-electron chi connectivity index (χ1n) is 9.18. The zero-order valence-electron chi connectivity index (χ0n) is 16.5. The Hall–Kier alpha value is -3.11. The number of carbonyl (C=O) groups is 1. The molecule has 0 aliphatic carbocycles. The van der Waals surface area contributed by atoms with Crippen molar-refractivity contribution < 1.29 is 9.18 Å². The molecule has 1 heterocycles. The SMILES string of the molecule is CCN(C(=O)c1cnc(SC)n1-c1ccc(F)cc1)C(C)c1ccc(C#N)cc1. The molecule has 0 N–H and O–H groups in total. The molecule has 5 nitrogen and oxygen atoms in total. The van der Waals surface area contributed by atoms with E-state index in [-0.39, 0.29) is 17.8 Å². The van der Waals surface area contributed by atoms with E-state index in [1.165, 1.54) is 23.9 Å². The molecule has 0 aliphatic heterocycles. The third-order valence-electron chi connectivity index (χ3n) is 4.81. The third-order valence-corrected chi connectivity index (χ3v) is 5.46. The highest BCUT2D eigenvalue weighted by atomic mass is 32.2. The molecule has 3 aromatic rings. The van der Waals surface area contributed by atoms with E-state index in [1.807, 2.05) is 32.2 Å². The molecule has 1 aromatic heterocycles. The monoisotopic (exact) mass is 408 g/mol. The molecular weight excluding hydrogens is 387 g/mol. The maximum absolute atomic E-state index is 13.4. The standard InChI is InChI=1S/C22H21FN4OS/c1-4-26(15(2)17-7-5-16(13-24)6-8-17)21(28)20-14-25-22(29-3)27(20)19-11-9-18(23)10-12-19/h5-12,14-15H,4H2,1-3H3. The minimum Gasteiger partial charge on any atom is -0.331 e. The Morgan fingerprint density at radius 2 is 1.90 bits per heavy atom. The van der Waals surface area contributed by atoms with Crippen molar-refractivity contribution in [2.45, 2.75) is 25.0 Å². The summed E-state index contributed by atoms with van der Waals surface area (Å²) in [5, 5.41) is 9.65. The molecule has 3 rings (SSSR count).